The van der Waals surface area contributed by atoms with Gasteiger partial charge in [-0.15, -0.1) is 0 Å². The van der Waals surface area contributed by atoms with Crippen LogP contribution in [0.2, 0.25) is 10.0 Å². The second-order valence-electron chi connectivity index (χ2n) is 8.77. The van der Waals surface area contributed by atoms with E-state index in [0.717, 1.165) is 26.9 Å². The van der Waals surface area contributed by atoms with Crippen LogP contribution in [0.4, 0.5) is 5.69 Å². The maximum Gasteiger partial charge on any atom is 0.264 e. The Bertz CT molecular complexity index is 1650. The fraction of sp³-hybridized carbons (Fsp3) is 0.172. The Morgan fingerprint density at radius 2 is 1.70 bits per heavy atom. The van der Waals surface area contributed by atoms with Gasteiger partial charge in [0.25, 0.3) is 15.9 Å². The Hall–Kier alpha value is -3.79. The number of hydrogen-bond acceptors (Lipinski definition) is 5. The number of para-hydroxylation sites is 3. The minimum Gasteiger partial charge on any atom is -0.492 e. The minimum absolute atomic E-state index is 0.0217. The predicted octanol–water partition coefficient (Wildman–Crippen LogP) is 6.15. The van der Waals surface area contributed by atoms with Crippen LogP contribution < -0.4 is 14.5 Å². The van der Waals surface area contributed by atoms with E-state index in [1.54, 1.807) is 31.2 Å². The molecule has 0 unspecified atom stereocenters. The van der Waals surface area contributed by atoms with E-state index in [2.05, 4.69) is 10.5 Å². The van der Waals surface area contributed by atoms with Crippen molar-refractivity contribution in [3.05, 3.63) is 106 Å². The summed E-state index contributed by atoms with van der Waals surface area (Å²) in [5.41, 5.74) is 6.09. The van der Waals surface area contributed by atoms with Crippen LogP contribution in [-0.4, -0.2) is 38.3 Å². The third-order valence-corrected chi connectivity index (χ3v) is 8.42. The van der Waals surface area contributed by atoms with Crippen LogP contribution in [0, 0.1) is 13.8 Å². The second-order valence-corrected chi connectivity index (χ2v) is 11.5. The zero-order valence-corrected chi connectivity index (χ0v) is 24.5. The highest BCUT2D eigenvalue weighted by atomic mass is 35.5. The van der Waals surface area contributed by atoms with Crippen LogP contribution >= 0.6 is 23.2 Å². The molecular formula is C29H28Cl2N4O4S. The first-order valence-electron chi connectivity index (χ1n) is 12.4. The van der Waals surface area contributed by atoms with Gasteiger partial charge in [-0.05, 0) is 75.4 Å². The molecule has 1 N–H and O–H groups in total. The van der Waals surface area contributed by atoms with E-state index in [1.165, 1.54) is 30.5 Å². The van der Waals surface area contributed by atoms with E-state index in [4.69, 9.17) is 27.9 Å². The van der Waals surface area contributed by atoms with Crippen molar-refractivity contribution in [2.75, 3.05) is 17.5 Å². The van der Waals surface area contributed by atoms with E-state index in [-0.39, 0.29) is 10.6 Å². The molecule has 0 aliphatic rings. The van der Waals surface area contributed by atoms with E-state index in [0.29, 0.717) is 22.4 Å². The van der Waals surface area contributed by atoms with Crippen molar-refractivity contribution in [3.63, 3.8) is 0 Å². The molecule has 4 rings (SSSR count). The van der Waals surface area contributed by atoms with Crippen LogP contribution in [0.5, 0.6) is 5.75 Å². The van der Waals surface area contributed by atoms with E-state index in [1.807, 2.05) is 48.7 Å². The van der Waals surface area contributed by atoms with Crippen LogP contribution in [0.15, 0.2) is 88.9 Å². The van der Waals surface area contributed by atoms with Gasteiger partial charge < -0.3 is 9.30 Å². The number of benzene rings is 3. The predicted molar refractivity (Wildman–Crippen MR) is 160 cm³/mol. The summed E-state index contributed by atoms with van der Waals surface area (Å²) in [4.78, 5) is 13.0. The van der Waals surface area contributed by atoms with Crippen molar-refractivity contribution in [3.8, 4) is 11.4 Å². The summed E-state index contributed by atoms with van der Waals surface area (Å²) in [6.45, 7) is 5.44. The number of rotatable bonds is 10. The van der Waals surface area contributed by atoms with Crippen LogP contribution in [0.1, 0.15) is 23.9 Å². The number of nitrogens with one attached hydrogen (secondary N) is 1. The standard InChI is InChI=1S/C29H28Cl2N4O4S/c1-4-39-28-12-8-7-11-27(28)34(40(37,38)24-15-13-23(30)14-16-24)19-29(36)33-32-18-22-17-20(2)35(21(22)3)26-10-6-5-9-25(26)31/h5-18H,4,19H2,1-3H3,(H,33,36)/b32-18-. The first-order chi connectivity index (χ1) is 19.1. The number of anilines is 1. The molecule has 0 saturated heterocycles. The number of halogens is 2. The number of carbonyl (C=O) groups excluding carboxylic acids is 1. The molecule has 0 spiro atoms. The van der Waals surface area contributed by atoms with Gasteiger partial charge in [0.05, 0.1) is 34.1 Å². The Balaban J connectivity index is 1.60. The number of ether oxygens (including phenoxy) is 1. The fourth-order valence-electron chi connectivity index (χ4n) is 4.24. The number of sulfonamides is 1. The van der Waals surface area contributed by atoms with Crippen LogP contribution in [-0.2, 0) is 14.8 Å². The van der Waals surface area contributed by atoms with Gasteiger partial charge in [0.1, 0.15) is 12.3 Å². The molecule has 0 aliphatic heterocycles. The smallest absolute Gasteiger partial charge is 0.264 e. The Labute approximate surface area is 243 Å². The quantitative estimate of drug-likeness (QED) is 0.175. The maximum atomic E-state index is 13.7. The molecule has 0 atom stereocenters. The maximum absolute atomic E-state index is 13.7. The number of nitrogens with zero attached hydrogens (tertiary/aromatic N) is 3. The highest BCUT2D eigenvalue weighted by molar-refractivity contribution is 7.92. The van der Waals surface area contributed by atoms with Gasteiger partial charge in [-0.25, -0.2) is 13.8 Å². The Morgan fingerprint density at radius 1 is 1.02 bits per heavy atom. The number of hydrazone groups is 1. The van der Waals surface area contributed by atoms with Gasteiger partial charge in [-0.3, -0.25) is 9.10 Å². The monoisotopic (exact) mass is 598 g/mol. The molecule has 0 radical (unpaired) electrons. The number of aromatic nitrogens is 1. The van der Waals surface area contributed by atoms with Gasteiger partial charge in [0.15, 0.2) is 0 Å². The van der Waals surface area contributed by atoms with Gasteiger partial charge in [-0.1, -0.05) is 47.5 Å². The van der Waals surface area contributed by atoms with Gasteiger partial charge in [0.2, 0.25) is 0 Å². The normalized spacial score (nSPS) is 11.5. The Morgan fingerprint density at radius 3 is 2.40 bits per heavy atom. The summed E-state index contributed by atoms with van der Waals surface area (Å²) in [7, 11) is -4.16. The zero-order chi connectivity index (χ0) is 28.9. The molecule has 208 valence electrons. The Kier molecular flexibility index (Phi) is 9.19. The summed E-state index contributed by atoms with van der Waals surface area (Å²) in [6, 6.07) is 21.8. The molecule has 1 heterocycles. The van der Waals surface area contributed by atoms with Gasteiger partial charge >= 0.3 is 0 Å². The van der Waals surface area contributed by atoms with Crippen molar-refractivity contribution in [2.24, 2.45) is 5.10 Å². The van der Waals surface area contributed by atoms with Crippen LogP contribution in [0.25, 0.3) is 5.69 Å². The molecule has 0 bridgehead atoms. The third-order valence-electron chi connectivity index (χ3n) is 6.08. The van der Waals surface area contributed by atoms with Crippen molar-refractivity contribution in [1.82, 2.24) is 9.99 Å². The lowest BCUT2D eigenvalue weighted by atomic mass is 10.2. The van der Waals surface area contributed by atoms with Crippen LogP contribution in [0.3, 0.4) is 0 Å². The molecular weight excluding hydrogens is 571 g/mol. The van der Waals surface area contributed by atoms with Crippen molar-refractivity contribution in [1.29, 1.82) is 0 Å². The average molecular weight is 600 g/mol. The van der Waals surface area contributed by atoms with E-state index >= 15 is 0 Å². The molecule has 40 heavy (non-hydrogen) atoms. The molecule has 0 fully saturated rings. The molecule has 3 aromatic carbocycles. The lowest BCUT2D eigenvalue weighted by Gasteiger charge is -2.25. The summed E-state index contributed by atoms with van der Waals surface area (Å²) < 4.78 is 36.0. The first kappa shape index (κ1) is 29.2. The average Bonchev–Trinajstić information content (AvgIpc) is 3.21. The van der Waals surface area contributed by atoms with E-state index in [9.17, 15) is 13.2 Å². The zero-order valence-electron chi connectivity index (χ0n) is 22.1. The molecule has 1 aromatic heterocycles. The highest BCUT2D eigenvalue weighted by Crippen LogP contribution is 2.33. The molecule has 8 nitrogen and oxygen atoms in total. The fourth-order valence-corrected chi connectivity index (χ4v) is 6.01. The lowest BCUT2D eigenvalue weighted by Crippen LogP contribution is -2.39. The van der Waals surface area contributed by atoms with Crippen molar-refractivity contribution >= 4 is 51.0 Å². The number of carbonyl (C=O) groups is 1. The number of hydrogen-bond donors (Lipinski definition) is 1. The molecule has 0 saturated carbocycles. The minimum atomic E-state index is -4.16. The summed E-state index contributed by atoms with van der Waals surface area (Å²) in [5, 5.41) is 5.10. The molecule has 4 aromatic rings. The highest BCUT2D eigenvalue weighted by Gasteiger charge is 2.29. The molecule has 11 heteroatoms. The van der Waals surface area contributed by atoms with E-state index < -0.39 is 22.5 Å². The second kappa shape index (κ2) is 12.6. The summed E-state index contributed by atoms with van der Waals surface area (Å²) in [5.74, 6) is -0.314. The topological polar surface area (TPSA) is 93.0 Å². The van der Waals surface area contributed by atoms with Gasteiger partial charge in [-0.2, -0.15) is 5.10 Å². The largest absolute Gasteiger partial charge is 0.492 e. The SMILES string of the molecule is CCOc1ccccc1N(CC(=O)N/N=C\c1cc(C)n(-c2ccccc2Cl)c1C)S(=O)(=O)c1ccc(Cl)cc1. The third kappa shape index (κ3) is 6.33. The summed E-state index contributed by atoms with van der Waals surface area (Å²) >= 11 is 12.4. The number of amides is 1. The first-order valence-corrected chi connectivity index (χ1v) is 14.6. The molecule has 1 amide bonds. The van der Waals surface area contributed by atoms with Crippen molar-refractivity contribution < 1.29 is 17.9 Å². The number of aryl methyl sites for hydroxylation is 1. The van der Waals surface area contributed by atoms with Crippen molar-refractivity contribution in [2.45, 2.75) is 25.7 Å². The molecule has 0 aliphatic carbocycles. The lowest BCUT2D eigenvalue weighted by molar-refractivity contribution is -0.119. The summed E-state index contributed by atoms with van der Waals surface area (Å²) in [6.07, 6.45) is 1.51. The van der Waals surface area contributed by atoms with Gasteiger partial charge in [0, 0.05) is 22.0 Å².